The fraction of sp³-hybridized carbons (Fsp3) is 0.562. The lowest BCUT2D eigenvalue weighted by Crippen LogP contribution is -2.55. The van der Waals surface area contributed by atoms with Crippen LogP contribution >= 0.6 is 0 Å². The molecule has 1 aromatic rings. The van der Waals surface area contributed by atoms with E-state index in [0.717, 1.165) is 37.4 Å². The zero-order valence-electron chi connectivity index (χ0n) is 11.8. The summed E-state index contributed by atoms with van der Waals surface area (Å²) in [6.45, 7) is 4.01. The summed E-state index contributed by atoms with van der Waals surface area (Å²) in [6.07, 6.45) is 1.74. The van der Waals surface area contributed by atoms with Crippen LogP contribution in [0.1, 0.15) is 30.1 Å². The van der Waals surface area contributed by atoms with Gasteiger partial charge in [0.15, 0.2) is 5.78 Å². The van der Waals surface area contributed by atoms with E-state index < -0.39 is 0 Å². The molecular formula is C16H21NO3. The number of morpholine rings is 1. The van der Waals surface area contributed by atoms with E-state index >= 15 is 0 Å². The van der Waals surface area contributed by atoms with Crippen LogP contribution < -0.4 is 10.1 Å². The maximum atomic E-state index is 12.7. The standard InChI is InChI=1S/C16H21NO3/c1-2-20-15-5-3-4-11(8-15)16(18)12-6-13-9-19-10-14(7-12)17-13/h3-5,8,12-14,17H,2,6-7,9-10H2,1H3. The molecule has 1 aromatic carbocycles. The monoisotopic (exact) mass is 275 g/mol. The highest BCUT2D eigenvalue weighted by atomic mass is 16.5. The van der Waals surface area contributed by atoms with Gasteiger partial charge in [0, 0.05) is 23.6 Å². The van der Waals surface area contributed by atoms with Crippen LogP contribution in [0.5, 0.6) is 5.75 Å². The van der Waals surface area contributed by atoms with E-state index in [2.05, 4.69) is 5.32 Å². The lowest BCUT2D eigenvalue weighted by Gasteiger charge is -2.39. The number of Topliss-reactive ketones (excluding diaryl/α,β-unsaturated/α-hetero) is 1. The van der Waals surface area contributed by atoms with Crippen LogP contribution in [0, 0.1) is 5.92 Å². The zero-order chi connectivity index (χ0) is 13.9. The normalized spacial score (nSPS) is 28.9. The molecule has 2 fully saturated rings. The summed E-state index contributed by atoms with van der Waals surface area (Å²) in [7, 11) is 0. The Balaban J connectivity index is 1.73. The summed E-state index contributed by atoms with van der Waals surface area (Å²) < 4.78 is 11.0. The van der Waals surface area contributed by atoms with Gasteiger partial charge in [0.1, 0.15) is 5.75 Å². The average molecular weight is 275 g/mol. The average Bonchev–Trinajstić information content (AvgIpc) is 2.47. The number of hydrogen-bond donors (Lipinski definition) is 1. The van der Waals surface area contributed by atoms with E-state index in [9.17, 15) is 4.79 Å². The molecule has 20 heavy (non-hydrogen) atoms. The topological polar surface area (TPSA) is 47.6 Å². The van der Waals surface area contributed by atoms with Crippen molar-refractivity contribution in [3.8, 4) is 5.75 Å². The Morgan fingerprint density at radius 2 is 2.10 bits per heavy atom. The predicted octanol–water partition coefficient (Wildman–Crippen LogP) is 2.04. The van der Waals surface area contributed by atoms with Crippen molar-refractivity contribution in [1.29, 1.82) is 0 Å². The van der Waals surface area contributed by atoms with Crippen molar-refractivity contribution >= 4 is 5.78 Å². The summed E-state index contributed by atoms with van der Waals surface area (Å²) in [5.74, 6) is 1.12. The van der Waals surface area contributed by atoms with Crippen LogP contribution in [0.25, 0.3) is 0 Å². The maximum absolute atomic E-state index is 12.7. The molecule has 2 unspecified atom stereocenters. The van der Waals surface area contributed by atoms with Gasteiger partial charge in [-0.15, -0.1) is 0 Å². The number of carbonyl (C=O) groups is 1. The van der Waals surface area contributed by atoms with Crippen LogP contribution in [-0.2, 0) is 4.74 Å². The third kappa shape index (κ3) is 2.86. The number of rotatable bonds is 4. The van der Waals surface area contributed by atoms with Crippen molar-refractivity contribution in [3.63, 3.8) is 0 Å². The van der Waals surface area contributed by atoms with Crippen molar-refractivity contribution in [1.82, 2.24) is 5.32 Å². The Labute approximate surface area is 119 Å². The molecule has 2 saturated heterocycles. The second-order valence-corrected chi connectivity index (χ2v) is 5.59. The van der Waals surface area contributed by atoms with Gasteiger partial charge in [0.2, 0.25) is 0 Å². The summed E-state index contributed by atoms with van der Waals surface area (Å²) in [6, 6.07) is 8.19. The van der Waals surface area contributed by atoms with Gasteiger partial charge >= 0.3 is 0 Å². The maximum Gasteiger partial charge on any atom is 0.166 e. The summed E-state index contributed by atoms with van der Waals surface area (Å²) in [4.78, 5) is 12.7. The minimum Gasteiger partial charge on any atom is -0.494 e. The Morgan fingerprint density at radius 1 is 1.35 bits per heavy atom. The van der Waals surface area contributed by atoms with E-state index in [1.807, 2.05) is 31.2 Å². The summed E-state index contributed by atoms with van der Waals surface area (Å²) in [5, 5.41) is 3.52. The van der Waals surface area contributed by atoms with Crippen molar-refractivity contribution < 1.29 is 14.3 Å². The SMILES string of the molecule is CCOc1cccc(C(=O)C2CC3COCC(C2)N3)c1. The Hall–Kier alpha value is -1.39. The largest absolute Gasteiger partial charge is 0.494 e. The molecule has 2 bridgehead atoms. The van der Waals surface area contributed by atoms with Gasteiger partial charge in [-0.2, -0.15) is 0 Å². The quantitative estimate of drug-likeness (QED) is 0.854. The molecule has 2 aliphatic rings. The molecule has 1 N–H and O–H groups in total. The van der Waals surface area contributed by atoms with Crippen molar-refractivity contribution in [2.24, 2.45) is 5.92 Å². The minimum absolute atomic E-state index is 0.104. The highest BCUT2D eigenvalue weighted by Gasteiger charge is 2.35. The smallest absolute Gasteiger partial charge is 0.166 e. The number of fused-ring (bicyclic) bond motifs is 2. The first kappa shape index (κ1) is 13.6. The second-order valence-electron chi connectivity index (χ2n) is 5.59. The van der Waals surface area contributed by atoms with E-state index in [1.165, 1.54) is 0 Å². The van der Waals surface area contributed by atoms with Gasteiger partial charge in [-0.3, -0.25) is 4.79 Å². The number of carbonyl (C=O) groups excluding carboxylic acids is 1. The molecule has 0 aliphatic carbocycles. The van der Waals surface area contributed by atoms with Gasteiger partial charge in [0.25, 0.3) is 0 Å². The van der Waals surface area contributed by atoms with Crippen LogP contribution in [-0.4, -0.2) is 37.7 Å². The molecule has 0 amide bonds. The van der Waals surface area contributed by atoms with Crippen LogP contribution in [0.3, 0.4) is 0 Å². The van der Waals surface area contributed by atoms with Gasteiger partial charge in [-0.1, -0.05) is 12.1 Å². The van der Waals surface area contributed by atoms with E-state index in [0.29, 0.717) is 18.7 Å². The zero-order valence-corrected chi connectivity index (χ0v) is 11.8. The molecule has 4 heteroatoms. The Kier molecular flexibility index (Phi) is 4.03. The molecule has 2 aliphatic heterocycles. The Bertz CT molecular complexity index is 476. The number of piperidine rings is 1. The molecule has 0 spiro atoms. The third-order valence-electron chi connectivity index (χ3n) is 4.05. The van der Waals surface area contributed by atoms with Crippen LogP contribution in [0.4, 0.5) is 0 Å². The number of ether oxygens (including phenoxy) is 2. The molecule has 0 saturated carbocycles. The van der Waals surface area contributed by atoms with Gasteiger partial charge in [-0.05, 0) is 31.9 Å². The minimum atomic E-state index is 0.104. The van der Waals surface area contributed by atoms with E-state index in [4.69, 9.17) is 9.47 Å². The fourth-order valence-electron chi connectivity index (χ4n) is 3.19. The first-order valence-electron chi connectivity index (χ1n) is 7.37. The molecular weight excluding hydrogens is 254 g/mol. The molecule has 0 radical (unpaired) electrons. The predicted molar refractivity (Wildman–Crippen MR) is 76.2 cm³/mol. The van der Waals surface area contributed by atoms with Gasteiger partial charge in [0.05, 0.1) is 19.8 Å². The molecule has 2 atom stereocenters. The first-order valence-corrected chi connectivity index (χ1v) is 7.37. The van der Waals surface area contributed by atoms with Crippen molar-refractivity contribution in [2.45, 2.75) is 31.8 Å². The lowest BCUT2D eigenvalue weighted by atomic mass is 9.82. The van der Waals surface area contributed by atoms with Crippen LogP contribution in [0.15, 0.2) is 24.3 Å². The Morgan fingerprint density at radius 3 is 2.80 bits per heavy atom. The number of ketones is 1. The molecule has 108 valence electrons. The van der Waals surface area contributed by atoms with Crippen molar-refractivity contribution in [2.75, 3.05) is 19.8 Å². The second kappa shape index (κ2) is 5.94. The highest BCUT2D eigenvalue weighted by Crippen LogP contribution is 2.28. The van der Waals surface area contributed by atoms with Gasteiger partial charge in [-0.25, -0.2) is 0 Å². The number of nitrogens with one attached hydrogen (secondary N) is 1. The number of benzene rings is 1. The van der Waals surface area contributed by atoms with Gasteiger partial charge < -0.3 is 14.8 Å². The fourth-order valence-corrected chi connectivity index (χ4v) is 3.19. The molecule has 2 heterocycles. The summed E-state index contributed by atoms with van der Waals surface area (Å²) in [5.41, 5.74) is 0.766. The summed E-state index contributed by atoms with van der Waals surface area (Å²) >= 11 is 0. The molecule has 0 aromatic heterocycles. The van der Waals surface area contributed by atoms with Crippen LogP contribution in [0.2, 0.25) is 0 Å². The third-order valence-corrected chi connectivity index (χ3v) is 4.05. The lowest BCUT2D eigenvalue weighted by molar-refractivity contribution is 0.00952. The van der Waals surface area contributed by atoms with E-state index in [1.54, 1.807) is 0 Å². The molecule has 4 nitrogen and oxygen atoms in total. The number of hydrogen-bond acceptors (Lipinski definition) is 4. The van der Waals surface area contributed by atoms with E-state index in [-0.39, 0.29) is 11.7 Å². The highest BCUT2D eigenvalue weighted by molar-refractivity contribution is 5.98. The molecule has 3 rings (SSSR count). The first-order chi connectivity index (χ1) is 9.76. The van der Waals surface area contributed by atoms with Crippen molar-refractivity contribution in [3.05, 3.63) is 29.8 Å².